The number of ether oxygens (including phenoxy) is 3. The van der Waals surface area contributed by atoms with E-state index in [2.05, 4.69) is 4.90 Å². The van der Waals surface area contributed by atoms with Gasteiger partial charge < -0.3 is 14.2 Å². The number of rotatable bonds is 7. The first-order chi connectivity index (χ1) is 14.7. The summed E-state index contributed by atoms with van der Waals surface area (Å²) in [6.45, 7) is 11.0. The van der Waals surface area contributed by atoms with Gasteiger partial charge in [0.15, 0.2) is 0 Å². The van der Waals surface area contributed by atoms with Crippen molar-refractivity contribution in [2.24, 2.45) is 0 Å². The Morgan fingerprint density at radius 2 is 1.94 bits per heavy atom. The van der Waals surface area contributed by atoms with Crippen LogP contribution in [0.5, 0.6) is 5.75 Å². The first-order valence-corrected chi connectivity index (χ1v) is 11.1. The lowest BCUT2D eigenvalue weighted by atomic mass is 10.1. The smallest absolute Gasteiger partial charge is 0.307 e. The molecule has 1 fully saturated rings. The molecule has 0 amide bonds. The fourth-order valence-electron chi connectivity index (χ4n) is 3.53. The Morgan fingerprint density at radius 1 is 1.19 bits per heavy atom. The summed E-state index contributed by atoms with van der Waals surface area (Å²) in [7, 11) is 0. The molecule has 6 heteroatoms. The maximum absolute atomic E-state index is 12.0. The highest BCUT2D eigenvalue weighted by atomic mass is 35.5. The van der Waals surface area contributed by atoms with Gasteiger partial charge >= 0.3 is 5.97 Å². The fourth-order valence-corrected chi connectivity index (χ4v) is 3.81. The Labute approximate surface area is 190 Å². The quantitative estimate of drug-likeness (QED) is 0.539. The average molecular weight is 446 g/mol. The van der Waals surface area contributed by atoms with Crippen LogP contribution in [-0.4, -0.2) is 42.7 Å². The highest BCUT2D eigenvalue weighted by molar-refractivity contribution is 6.31. The highest BCUT2D eigenvalue weighted by Gasteiger charge is 2.23. The second-order valence-corrected chi connectivity index (χ2v) is 9.30. The standard InChI is InChI=1S/C25H32ClNO4/c1-18-6-5-7-22(26)21(18)17-30-20-10-8-19(9-11-20)23-16-27(14-15-29-23)13-12-24(28)31-25(2,3)4/h5-11,23H,12-17H2,1-4H3. The second kappa shape index (κ2) is 10.5. The summed E-state index contributed by atoms with van der Waals surface area (Å²) in [5.74, 6) is 0.631. The Kier molecular flexibility index (Phi) is 7.98. The van der Waals surface area contributed by atoms with E-state index in [-0.39, 0.29) is 12.1 Å². The van der Waals surface area contributed by atoms with Gasteiger partial charge in [0, 0.05) is 30.2 Å². The Bertz CT molecular complexity index is 856. The van der Waals surface area contributed by atoms with Crippen LogP contribution in [-0.2, 0) is 20.9 Å². The minimum absolute atomic E-state index is 0.0211. The lowest BCUT2D eigenvalue weighted by Crippen LogP contribution is -2.39. The number of carbonyl (C=O) groups is 1. The summed E-state index contributed by atoms with van der Waals surface area (Å²) < 4.78 is 17.3. The number of hydrogen-bond donors (Lipinski definition) is 0. The van der Waals surface area contributed by atoms with E-state index in [1.54, 1.807) is 0 Å². The molecule has 0 aliphatic carbocycles. The van der Waals surface area contributed by atoms with E-state index in [1.165, 1.54) is 0 Å². The molecular weight excluding hydrogens is 414 g/mol. The number of aryl methyl sites for hydroxylation is 1. The van der Waals surface area contributed by atoms with Crippen LogP contribution < -0.4 is 4.74 Å². The number of halogens is 1. The van der Waals surface area contributed by atoms with Crippen molar-refractivity contribution in [2.75, 3.05) is 26.2 Å². The van der Waals surface area contributed by atoms with E-state index < -0.39 is 5.60 Å². The van der Waals surface area contributed by atoms with Crippen molar-refractivity contribution in [3.05, 3.63) is 64.2 Å². The number of carbonyl (C=O) groups excluding carboxylic acids is 1. The van der Waals surface area contributed by atoms with Crippen LogP contribution in [0.15, 0.2) is 42.5 Å². The molecule has 0 saturated carbocycles. The Morgan fingerprint density at radius 3 is 2.61 bits per heavy atom. The van der Waals surface area contributed by atoms with Crippen molar-refractivity contribution in [2.45, 2.75) is 52.4 Å². The zero-order valence-electron chi connectivity index (χ0n) is 18.8. The minimum atomic E-state index is -0.445. The Balaban J connectivity index is 1.51. The number of morpholine rings is 1. The van der Waals surface area contributed by atoms with E-state index in [1.807, 2.05) is 70.2 Å². The maximum atomic E-state index is 12.0. The van der Waals surface area contributed by atoms with Crippen molar-refractivity contribution < 1.29 is 19.0 Å². The third-order valence-corrected chi connectivity index (χ3v) is 5.54. The molecule has 1 heterocycles. The molecule has 2 aromatic carbocycles. The average Bonchev–Trinajstić information content (AvgIpc) is 2.71. The van der Waals surface area contributed by atoms with Gasteiger partial charge in [0.05, 0.1) is 19.1 Å². The summed E-state index contributed by atoms with van der Waals surface area (Å²) in [5.41, 5.74) is 2.78. The molecule has 1 aliphatic rings. The molecule has 0 aromatic heterocycles. The van der Waals surface area contributed by atoms with Crippen molar-refractivity contribution in [1.82, 2.24) is 4.90 Å². The molecule has 0 spiro atoms. The van der Waals surface area contributed by atoms with E-state index in [4.69, 9.17) is 25.8 Å². The zero-order chi connectivity index (χ0) is 22.4. The van der Waals surface area contributed by atoms with Crippen molar-refractivity contribution in [3.8, 4) is 5.75 Å². The Hall–Kier alpha value is -2.08. The zero-order valence-corrected chi connectivity index (χ0v) is 19.6. The molecule has 0 N–H and O–H groups in total. The van der Waals surface area contributed by atoms with Gasteiger partial charge in [0.25, 0.3) is 0 Å². The van der Waals surface area contributed by atoms with Gasteiger partial charge in [-0.05, 0) is 57.0 Å². The predicted octanol–water partition coefficient (Wildman–Crippen LogP) is 5.33. The van der Waals surface area contributed by atoms with Gasteiger partial charge in [0.2, 0.25) is 0 Å². The molecular formula is C25H32ClNO4. The van der Waals surface area contributed by atoms with Crippen molar-refractivity contribution in [3.63, 3.8) is 0 Å². The summed E-state index contributed by atoms with van der Waals surface area (Å²) >= 11 is 6.28. The molecule has 168 valence electrons. The topological polar surface area (TPSA) is 48.0 Å². The fraction of sp³-hybridized carbons (Fsp3) is 0.480. The number of benzene rings is 2. The predicted molar refractivity (Wildman–Crippen MR) is 123 cm³/mol. The van der Waals surface area contributed by atoms with Crippen LogP contribution >= 0.6 is 11.6 Å². The van der Waals surface area contributed by atoms with Crippen LogP contribution in [0.2, 0.25) is 5.02 Å². The molecule has 0 radical (unpaired) electrons. The van der Waals surface area contributed by atoms with Gasteiger partial charge in [-0.25, -0.2) is 0 Å². The van der Waals surface area contributed by atoms with Crippen LogP contribution in [0, 0.1) is 6.92 Å². The lowest BCUT2D eigenvalue weighted by Gasteiger charge is -2.33. The molecule has 1 unspecified atom stereocenters. The highest BCUT2D eigenvalue weighted by Crippen LogP contribution is 2.26. The molecule has 31 heavy (non-hydrogen) atoms. The van der Waals surface area contributed by atoms with Crippen LogP contribution in [0.1, 0.15) is 50.0 Å². The molecule has 3 rings (SSSR count). The normalized spacial score (nSPS) is 17.4. The van der Waals surface area contributed by atoms with Crippen LogP contribution in [0.3, 0.4) is 0 Å². The minimum Gasteiger partial charge on any atom is -0.489 e. The molecule has 2 aromatic rings. The molecule has 1 saturated heterocycles. The van der Waals surface area contributed by atoms with Gasteiger partial charge in [-0.15, -0.1) is 0 Å². The van der Waals surface area contributed by atoms with Gasteiger partial charge in [0.1, 0.15) is 18.0 Å². The summed E-state index contributed by atoms with van der Waals surface area (Å²) in [6, 6.07) is 13.9. The maximum Gasteiger partial charge on any atom is 0.307 e. The van der Waals surface area contributed by atoms with Gasteiger partial charge in [-0.3, -0.25) is 9.69 Å². The van der Waals surface area contributed by atoms with E-state index in [0.29, 0.717) is 26.2 Å². The molecule has 1 atom stereocenters. The van der Waals surface area contributed by atoms with Crippen molar-refractivity contribution >= 4 is 17.6 Å². The third-order valence-electron chi connectivity index (χ3n) is 5.19. The molecule has 5 nitrogen and oxygen atoms in total. The molecule has 0 bridgehead atoms. The largest absolute Gasteiger partial charge is 0.489 e. The summed E-state index contributed by atoms with van der Waals surface area (Å²) in [6.07, 6.45) is 0.366. The van der Waals surface area contributed by atoms with E-state index >= 15 is 0 Å². The van der Waals surface area contributed by atoms with Gasteiger partial charge in [-0.2, -0.15) is 0 Å². The number of hydrogen-bond acceptors (Lipinski definition) is 5. The second-order valence-electron chi connectivity index (χ2n) is 8.89. The monoisotopic (exact) mass is 445 g/mol. The van der Waals surface area contributed by atoms with E-state index in [0.717, 1.165) is 40.6 Å². The number of esters is 1. The van der Waals surface area contributed by atoms with Crippen LogP contribution in [0.4, 0.5) is 0 Å². The van der Waals surface area contributed by atoms with Gasteiger partial charge in [-0.1, -0.05) is 35.9 Å². The summed E-state index contributed by atoms with van der Waals surface area (Å²) in [4.78, 5) is 14.2. The van der Waals surface area contributed by atoms with Crippen molar-refractivity contribution in [1.29, 1.82) is 0 Å². The molecule has 1 aliphatic heterocycles. The first-order valence-electron chi connectivity index (χ1n) is 10.7. The first kappa shape index (κ1) is 23.6. The summed E-state index contributed by atoms with van der Waals surface area (Å²) in [5, 5.41) is 0.721. The third kappa shape index (κ3) is 7.23. The lowest BCUT2D eigenvalue weighted by molar-refractivity contribution is -0.155. The number of nitrogens with zero attached hydrogens (tertiary/aromatic N) is 1. The van der Waals surface area contributed by atoms with E-state index in [9.17, 15) is 4.79 Å². The SMILES string of the molecule is Cc1cccc(Cl)c1COc1ccc(C2CN(CCC(=O)OC(C)(C)C)CCO2)cc1. The van der Waals surface area contributed by atoms with Crippen LogP contribution in [0.25, 0.3) is 0 Å².